The molecular formula is C11H20N2O4. The molecule has 1 atom stereocenters. The topological polar surface area (TPSA) is 95.5 Å². The van der Waals surface area contributed by atoms with Crippen LogP contribution in [0.4, 0.5) is 0 Å². The third-order valence-electron chi connectivity index (χ3n) is 2.07. The zero-order valence-corrected chi connectivity index (χ0v) is 10.4. The molecule has 3 N–H and O–H groups in total. The fourth-order valence-corrected chi connectivity index (χ4v) is 1.31. The van der Waals surface area contributed by atoms with Gasteiger partial charge in [-0.25, -0.2) is 4.79 Å². The molecule has 0 saturated heterocycles. The molecular weight excluding hydrogens is 224 g/mol. The normalized spacial score (nSPS) is 12.0. The van der Waals surface area contributed by atoms with Crippen LogP contribution in [0.25, 0.3) is 0 Å². The van der Waals surface area contributed by atoms with Gasteiger partial charge in [0.2, 0.25) is 11.8 Å². The van der Waals surface area contributed by atoms with Crippen molar-refractivity contribution in [1.82, 2.24) is 10.6 Å². The highest BCUT2D eigenvalue weighted by Gasteiger charge is 2.20. The van der Waals surface area contributed by atoms with Crippen molar-refractivity contribution in [3.63, 3.8) is 0 Å². The van der Waals surface area contributed by atoms with Crippen molar-refractivity contribution in [3.05, 3.63) is 0 Å². The predicted molar refractivity (Wildman–Crippen MR) is 62.3 cm³/mol. The number of carboxylic acid groups (broad SMARTS) is 1. The molecule has 17 heavy (non-hydrogen) atoms. The predicted octanol–water partition coefficient (Wildman–Crippen LogP) is 0.128. The van der Waals surface area contributed by atoms with Gasteiger partial charge in [0.05, 0.1) is 0 Å². The molecule has 1 unspecified atom stereocenters. The second-order valence-corrected chi connectivity index (χ2v) is 4.32. The van der Waals surface area contributed by atoms with Crippen LogP contribution < -0.4 is 10.6 Å². The first-order chi connectivity index (χ1) is 7.82. The van der Waals surface area contributed by atoms with Gasteiger partial charge < -0.3 is 15.7 Å². The Labute approximate surface area is 101 Å². The average molecular weight is 244 g/mol. The van der Waals surface area contributed by atoms with Crippen molar-refractivity contribution in [3.8, 4) is 0 Å². The van der Waals surface area contributed by atoms with Crippen molar-refractivity contribution in [1.29, 1.82) is 0 Å². The van der Waals surface area contributed by atoms with E-state index in [-0.39, 0.29) is 30.7 Å². The molecule has 0 heterocycles. The Balaban J connectivity index is 4.04. The number of carbonyl (C=O) groups excluding carboxylic acids is 2. The molecule has 0 aromatic heterocycles. The highest BCUT2D eigenvalue weighted by molar-refractivity contribution is 5.84. The lowest BCUT2D eigenvalue weighted by Crippen LogP contribution is -2.42. The molecule has 0 saturated carbocycles. The number of nitrogens with one attached hydrogen (secondary N) is 2. The van der Waals surface area contributed by atoms with E-state index in [9.17, 15) is 14.4 Å². The zero-order valence-electron chi connectivity index (χ0n) is 10.4. The number of carbonyl (C=O) groups is 3. The summed E-state index contributed by atoms with van der Waals surface area (Å²) in [5.74, 6) is -1.43. The Morgan fingerprint density at radius 2 is 1.82 bits per heavy atom. The molecule has 0 radical (unpaired) electrons. The van der Waals surface area contributed by atoms with Gasteiger partial charge in [0.15, 0.2) is 0 Å². The largest absolute Gasteiger partial charge is 0.480 e. The molecule has 0 fully saturated rings. The van der Waals surface area contributed by atoms with E-state index in [4.69, 9.17) is 5.11 Å². The summed E-state index contributed by atoms with van der Waals surface area (Å²) < 4.78 is 0. The van der Waals surface area contributed by atoms with Crippen LogP contribution in [0, 0.1) is 5.92 Å². The molecule has 0 aromatic carbocycles. The first-order valence-corrected chi connectivity index (χ1v) is 5.59. The lowest BCUT2D eigenvalue weighted by atomic mass is 10.0. The molecule has 0 rings (SSSR count). The minimum atomic E-state index is -1.04. The number of hydrogen-bond acceptors (Lipinski definition) is 3. The second kappa shape index (κ2) is 7.65. The Morgan fingerprint density at radius 1 is 1.24 bits per heavy atom. The SMILES string of the molecule is CC(=O)NCCC(=O)NC(CC(C)C)C(=O)O. The minimum Gasteiger partial charge on any atom is -0.480 e. The van der Waals surface area contributed by atoms with Crippen molar-refractivity contribution >= 4 is 17.8 Å². The van der Waals surface area contributed by atoms with E-state index < -0.39 is 12.0 Å². The van der Waals surface area contributed by atoms with E-state index in [0.717, 1.165) is 0 Å². The summed E-state index contributed by atoms with van der Waals surface area (Å²) >= 11 is 0. The van der Waals surface area contributed by atoms with Gasteiger partial charge in [0.1, 0.15) is 6.04 Å². The van der Waals surface area contributed by atoms with E-state index in [2.05, 4.69) is 10.6 Å². The van der Waals surface area contributed by atoms with Crippen molar-refractivity contribution in [2.75, 3.05) is 6.54 Å². The third kappa shape index (κ3) is 8.24. The number of amides is 2. The highest BCUT2D eigenvalue weighted by atomic mass is 16.4. The van der Waals surface area contributed by atoms with E-state index in [1.54, 1.807) is 0 Å². The van der Waals surface area contributed by atoms with Crippen molar-refractivity contribution in [2.45, 2.75) is 39.7 Å². The fourth-order valence-electron chi connectivity index (χ4n) is 1.31. The van der Waals surface area contributed by atoms with Gasteiger partial charge in [-0.05, 0) is 12.3 Å². The van der Waals surface area contributed by atoms with E-state index in [1.807, 2.05) is 13.8 Å². The summed E-state index contributed by atoms with van der Waals surface area (Å²) in [5.41, 5.74) is 0. The van der Waals surface area contributed by atoms with Crippen molar-refractivity contribution < 1.29 is 19.5 Å². The number of rotatable bonds is 7. The van der Waals surface area contributed by atoms with Crippen LogP contribution in [0.15, 0.2) is 0 Å². The molecule has 0 spiro atoms. The zero-order chi connectivity index (χ0) is 13.4. The molecule has 6 heteroatoms. The van der Waals surface area contributed by atoms with Gasteiger partial charge >= 0.3 is 5.97 Å². The average Bonchev–Trinajstić information content (AvgIpc) is 2.15. The lowest BCUT2D eigenvalue weighted by molar-refractivity contribution is -0.142. The van der Waals surface area contributed by atoms with Crippen LogP contribution in [0.2, 0.25) is 0 Å². The Hall–Kier alpha value is -1.59. The Kier molecular flexibility index (Phi) is 6.93. The summed E-state index contributed by atoms with van der Waals surface area (Å²) in [7, 11) is 0. The minimum absolute atomic E-state index is 0.0848. The molecule has 0 aromatic rings. The van der Waals surface area contributed by atoms with E-state index in [0.29, 0.717) is 6.42 Å². The quantitative estimate of drug-likeness (QED) is 0.593. The molecule has 0 aliphatic carbocycles. The van der Waals surface area contributed by atoms with Crippen LogP contribution in [0.3, 0.4) is 0 Å². The maximum absolute atomic E-state index is 11.4. The van der Waals surface area contributed by atoms with Crippen LogP contribution in [-0.4, -0.2) is 35.5 Å². The molecule has 2 amide bonds. The Bertz CT molecular complexity index is 289. The summed E-state index contributed by atoms with van der Waals surface area (Å²) in [6, 6.07) is -0.861. The summed E-state index contributed by atoms with van der Waals surface area (Å²) in [4.78, 5) is 32.8. The number of aliphatic carboxylic acids is 1. The summed E-state index contributed by atoms with van der Waals surface area (Å²) in [6.45, 7) is 5.35. The smallest absolute Gasteiger partial charge is 0.326 e. The lowest BCUT2D eigenvalue weighted by Gasteiger charge is -2.16. The van der Waals surface area contributed by atoms with Gasteiger partial charge in [-0.2, -0.15) is 0 Å². The first kappa shape index (κ1) is 15.4. The summed E-state index contributed by atoms with van der Waals surface area (Å²) in [6.07, 6.45) is 0.475. The van der Waals surface area contributed by atoms with E-state index >= 15 is 0 Å². The van der Waals surface area contributed by atoms with Crippen LogP contribution in [0.5, 0.6) is 0 Å². The van der Waals surface area contributed by atoms with Crippen LogP contribution in [-0.2, 0) is 14.4 Å². The van der Waals surface area contributed by atoms with Gasteiger partial charge in [-0.1, -0.05) is 13.8 Å². The van der Waals surface area contributed by atoms with Gasteiger partial charge in [-0.3, -0.25) is 9.59 Å². The number of carboxylic acids is 1. The maximum Gasteiger partial charge on any atom is 0.326 e. The highest BCUT2D eigenvalue weighted by Crippen LogP contribution is 2.05. The molecule has 0 aliphatic rings. The van der Waals surface area contributed by atoms with Crippen LogP contribution >= 0.6 is 0 Å². The maximum atomic E-state index is 11.4. The molecule has 0 bridgehead atoms. The Morgan fingerprint density at radius 3 is 2.24 bits per heavy atom. The molecule has 6 nitrogen and oxygen atoms in total. The van der Waals surface area contributed by atoms with Gasteiger partial charge in [-0.15, -0.1) is 0 Å². The van der Waals surface area contributed by atoms with E-state index in [1.165, 1.54) is 6.92 Å². The second-order valence-electron chi connectivity index (χ2n) is 4.32. The third-order valence-corrected chi connectivity index (χ3v) is 2.07. The number of hydrogen-bond donors (Lipinski definition) is 3. The van der Waals surface area contributed by atoms with Crippen molar-refractivity contribution in [2.24, 2.45) is 5.92 Å². The summed E-state index contributed by atoms with van der Waals surface area (Å²) in [5, 5.41) is 13.8. The fraction of sp³-hybridized carbons (Fsp3) is 0.727. The molecule has 0 aliphatic heterocycles. The monoisotopic (exact) mass is 244 g/mol. The standard InChI is InChI=1S/C11H20N2O4/c1-7(2)6-9(11(16)17)13-10(15)4-5-12-8(3)14/h7,9H,4-6H2,1-3H3,(H,12,14)(H,13,15)(H,16,17). The molecule has 98 valence electrons. The van der Waals surface area contributed by atoms with Gasteiger partial charge in [0, 0.05) is 19.9 Å². The van der Waals surface area contributed by atoms with Gasteiger partial charge in [0.25, 0.3) is 0 Å². The van der Waals surface area contributed by atoms with Crippen LogP contribution in [0.1, 0.15) is 33.6 Å². The first-order valence-electron chi connectivity index (χ1n) is 5.59.